The number of primary amides is 1. The number of urea groups is 1. The van der Waals surface area contributed by atoms with Crippen LogP contribution in [0.3, 0.4) is 0 Å². The first-order valence-electron chi connectivity index (χ1n) is 13.8. The Balaban J connectivity index is 0.000000513. The molecule has 0 saturated carbocycles. The van der Waals surface area contributed by atoms with Crippen molar-refractivity contribution in [3.8, 4) is 34.1 Å². The Hall–Kier alpha value is -4.70. The van der Waals surface area contributed by atoms with Crippen molar-refractivity contribution in [2.45, 2.75) is 26.2 Å². The standard InChI is InChI=1S/C26H29FN4O5.C6H4/c1-17(32)31(26(28)33)18-6-7-23(20(27)14-18)36-22-8-9-29-21-16-25(24(34-2)15-19(21)22)35-13-5-12-30-10-3-4-11-30;1-2-5-4-6(5)3-1/h6-9,14-16H,3-5,10-13H2,1-2H3,(H2,28,33);1-4H. The zero-order valence-corrected chi connectivity index (χ0v) is 23.6. The van der Waals surface area contributed by atoms with Crippen LogP contribution in [0, 0.1) is 5.82 Å². The van der Waals surface area contributed by atoms with E-state index < -0.39 is 17.8 Å². The fourth-order valence-electron chi connectivity index (χ4n) is 4.94. The Kier molecular flexibility index (Phi) is 8.83. The fourth-order valence-corrected chi connectivity index (χ4v) is 4.94. The molecule has 42 heavy (non-hydrogen) atoms. The molecule has 6 rings (SSSR count). The SMILES string of the molecule is COc1cc2c(Oc3ccc(N(C(C)=O)C(N)=O)cc3F)ccnc2cc1OCCCN1CCCC1.c1cc2cc-2c1. The van der Waals surface area contributed by atoms with Crippen molar-refractivity contribution in [2.24, 2.45) is 5.73 Å². The summed E-state index contributed by atoms with van der Waals surface area (Å²) >= 11 is 0. The molecule has 0 unspecified atom stereocenters. The van der Waals surface area contributed by atoms with Crippen LogP contribution in [-0.4, -0.2) is 55.2 Å². The molecule has 2 N–H and O–H groups in total. The van der Waals surface area contributed by atoms with Gasteiger partial charge in [-0.2, -0.15) is 0 Å². The van der Waals surface area contributed by atoms with Gasteiger partial charge < -0.3 is 24.8 Å². The number of ether oxygens (including phenoxy) is 3. The van der Waals surface area contributed by atoms with Gasteiger partial charge in [0.2, 0.25) is 5.91 Å². The second-order valence-corrected chi connectivity index (χ2v) is 10.1. The molecule has 2 heterocycles. The van der Waals surface area contributed by atoms with Crippen LogP contribution in [0.4, 0.5) is 14.9 Å². The summed E-state index contributed by atoms with van der Waals surface area (Å²) in [5, 5.41) is 0.602. The average molecular weight is 573 g/mol. The van der Waals surface area contributed by atoms with E-state index in [2.05, 4.69) is 34.1 Å². The molecule has 0 radical (unpaired) electrons. The number of likely N-dealkylation sites (tertiary alicyclic amines) is 1. The van der Waals surface area contributed by atoms with Gasteiger partial charge in [-0.3, -0.25) is 9.78 Å². The summed E-state index contributed by atoms with van der Waals surface area (Å²) in [7, 11) is 1.55. The van der Waals surface area contributed by atoms with Gasteiger partial charge in [0, 0.05) is 37.2 Å². The van der Waals surface area contributed by atoms with Crippen LogP contribution in [-0.2, 0) is 4.79 Å². The number of hydrogen-bond donors (Lipinski definition) is 1. The molecule has 9 nitrogen and oxygen atoms in total. The van der Waals surface area contributed by atoms with Gasteiger partial charge in [0.15, 0.2) is 23.1 Å². The van der Waals surface area contributed by atoms with E-state index in [1.807, 2.05) is 0 Å². The smallest absolute Gasteiger partial charge is 0.326 e. The van der Waals surface area contributed by atoms with E-state index in [1.165, 1.54) is 36.1 Å². The van der Waals surface area contributed by atoms with Crippen molar-refractivity contribution in [3.05, 3.63) is 72.7 Å². The van der Waals surface area contributed by atoms with Crippen molar-refractivity contribution in [2.75, 3.05) is 38.3 Å². The van der Waals surface area contributed by atoms with Gasteiger partial charge in [-0.25, -0.2) is 14.1 Å². The first-order chi connectivity index (χ1) is 20.3. The minimum absolute atomic E-state index is 0.00706. The van der Waals surface area contributed by atoms with Crippen molar-refractivity contribution >= 4 is 28.5 Å². The minimum Gasteiger partial charge on any atom is -0.493 e. The van der Waals surface area contributed by atoms with E-state index in [1.54, 1.807) is 31.5 Å². The molecule has 1 aliphatic heterocycles. The predicted molar refractivity (Wildman–Crippen MR) is 159 cm³/mol. The molecule has 1 fully saturated rings. The average Bonchev–Trinajstić information content (AvgIpc) is 3.31. The second kappa shape index (κ2) is 12.9. The number of hydrogen-bond acceptors (Lipinski definition) is 7. The normalized spacial score (nSPS) is 13.2. The van der Waals surface area contributed by atoms with Gasteiger partial charge in [-0.05, 0) is 73.8 Å². The summed E-state index contributed by atoms with van der Waals surface area (Å²) in [4.78, 5) is 30.7. The first-order valence-corrected chi connectivity index (χ1v) is 13.8. The Morgan fingerprint density at radius 2 is 1.74 bits per heavy atom. The van der Waals surface area contributed by atoms with Gasteiger partial charge >= 0.3 is 6.03 Å². The molecular weight excluding hydrogens is 539 g/mol. The summed E-state index contributed by atoms with van der Waals surface area (Å²) < 4.78 is 32.2. The van der Waals surface area contributed by atoms with Crippen LogP contribution in [0.5, 0.6) is 23.0 Å². The molecule has 0 spiro atoms. The summed E-state index contributed by atoms with van der Waals surface area (Å²) in [5.74, 6) is -0.0608. The first kappa shape index (κ1) is 28.8. The number of nitrogens with two attached hydrogens (primary N) is 1. The van der Waals surface area contributed by atoms with Gasteiger partial charge in [0.05, 0.1) is 24.9 Å². The zero-order valence-electron chi connectivity index (χ0n) is 23.6. The number of carbonyl (C=O) groups excluding carboxylic acids is 2. The largest absolute Gasteiger partial charge is 0.493 e. The maximum atomic E-state index is 14.8. The van der Waals surface area contributed by atoms with Crippen LogP contribution in [0.15, 0.2) is 66.9 Å². The number of benzene rings is 3. The third kappa shape index (κ3) is 6.77. The molecule has 3 aliphatic rings. The van der Waals surface area contributed by atoms with Crippen molar-refractivity contribution in [1.82, 2.24) is 9.88 Å². The third-order valence-corrected chi connectivity index (χ3v) is 7.10. The zero-order chi connectivity index (χ0) is 29.6. The maximum Gasteiger partial charge on any atom is 0.326 e. The number of pyridine rings is 1. The number of rotatable bonds is 9. The molecule has 3 amide bonds. The van der Waals surface area contributed by atoms with Crippen LogP contribution >= 0.6 is 0 Å². The number of methoxy groups -OCH3 is 1. The third-order valence-electron chi connectivity index (χ3n) is 7.10. The summed E-state index contributed by atoms with van der Waals surface area (Å²) in [6, 6.07) is 16.3. The van der Waals surface area contributed by atoms with Crippen LogP contribution in [0.25, 0.3) is 22.0 Å². The molecule has 2 aliphatic carbocycles. The van der Waals surface area contributed by atoms with E-state index >= 15 is 0 Å². The molecule has 3 aromatic rings. The topological polar surface area (TPSA) is 107 Å². The molecule has 218 valence electrons. The number of carbonyl (C=O) groups is 2. The van der Waals surface area contributed by atoms with Crippen molar-refractivity contribution in [3.63, 3.8) is 0 Å². The van der Waals surface area contributed by atoms with Crippen molar-refractivity contribution in [1.29, 1.82) is 0 Å². The lowest BCUT2D eigenvalue weighted by Crippen LogP contribution is -2.39. The highest BCUT2D eigenvalue weighted by atomic mass is 19.1. The number of nitrogens with zero attached hydrogens (tertiary/aromatic N) is 3. The molecular formula is C32H33FN4O5. The molecule has 2 aromatic carbocycles. The summed E-state index contributed by atoms with van der Waals surface area (Å²) in [6.45, 7) is 5.01. The van der Waals surface area contributed by atoms with Crippen LogP contribution in [0.2, 0.25) is 0 Å². The second-order valence-electron chi connectivity index (χ2n) is 10.1. The highest BCUT2D eigenvalue weighted by molar-refractivity contribution is 6.12. The van der Waals surface area contributed by atoms with Crippen molar-refractivity contribution < 1.29 is 28.2 Å². The number of fused-ring (bicyclic) bond motifs is 2. The molecule has 0 bridgehead atoms. The summed E-state index contributed by atoms with van der Waals surface area (Å²) in [6.07, 6.45) is 4.98. The van der Waals surface area contributed by atoms with Gasteiger partial charge in [0.1, 0.15) is 5.75 Å². The number of imide groups is 1. The predicted octanol–water partition coefficient (Wildman–Crippen LogP) is 6.14. The van der Waals surface area contributed by atoms with Crippen LogP contribution < -0.4 is 24.8 Å². The lowest BCUT2D eigenvalue weighted by molar-refractivity contribution is -0.115. The van der Waals surface area contributed by atoms with Gasteiger partial charge in [-0.15, -0.1) is 0 Å². The van der Waals surface area contributed by atoms with E-state index in [0.717, 1.165) is 39.0 Å². The minimum atomic E-state index is -1.00. The molecule has 1 aromatic heterocycles. The maximum absolute atomic E-state index is 14.8. The van der Waals surface area contributed by atoms with E-state index in [0.29, 0.717) is 39.7 Å². The lowest BCUT2D eigenvalue weighted by Gasteiger charge is -2.18. The number of aromatic nitrogens is 1. The van der Waals surface area contributed by atoms with E-state index in [-0.39, 0.29) is 11.4 Å². The Morgan fingerprint density at radius 1 is 0.976 bits per heavy atom. The summed E-state index contributed by atoms with van der Waals surface area (Å²) in [5.41, 5.74) is 8.68. The Labute approximate surface area is 243 Å². The van der Waals surface area contributed by atoms with E-state index in [9.17, 15) is 14.0 Å². The molecule has 1 saturated heterocycles. The van der Waals surface area contributed by atoms with E-state index in [4.69, 9.17) is 19.9 Å². The highest BCUT2D eigenvalue weighted by Gasteiger charge is 2.20. The molecule has 10 heteroatoms. The monoisotopic (exact) mass is 572 g/mol. The van der Waals surface area contributed by atoms with Gasteiger partial charge in [-0.1, -0.05) is 18.2 Å². The fraction of sp³-hybridized carbons (Fsp3) is 0.281. The Bertz CT molecular complexity index is 1570. The number of halogens is 1. The molecule has 0 atom stereocenters. The quantitative estimate of drug-likeness (QED) is 0.212. The van der Waals surface area contributed by atoms with Crippen LogP contribution in [0.1, 0.15) is 26.2 Å². The Morgan fingerprint density at radius 3 is 2.33 bits per heavy atom. The number of anilines is 1. The lowest BCUT2D eigenvalue weighted by atomic mass is 10.1. The van der Waals surface area contributed by atoms with Gasteiger partial charge in [0.25, 0.3) is 0 Å². The highest BCUT2D eigenvalue weighted by Crippen LogP contribution is 2.38. The number of amides is 3.